The Hall–Kier alpha value is -1.87. The van der Waals surface area contributed by atoms with Gasteiger partial charge in [0, 0.05) is 23.5 Å². The largest absolute Gasteiger partial charge is 0.417 e. The van der Waals surface area contributed by atoms with Crippen molar-refractivity contribution >= 4 is 20.9 Å². The Morgan fingerprint density at radius 1 is 1.12 bits per heavy atom. The normalized spacial score (nSPS) is 12.6. The van der Waals surface area contributed by atoms with Gasteiger partial charge in [0.1, 0.15) is 0 Å². The van der Waals surface area contributed by atoms with Crippen molar-refractivity contribution in [2.75, 3.05) is 6.54 Å². The van der Waals surface area contributed by atoms with Crippen LogP contribution in [0.1, 0.15) is 38.2 Å². The molecule has 0 radical (unpaired) electrons. The molecular weight excluding hydrogens is 357 g/mol. The van der Waals surface area contributed by atoms with Gasteiger partial charge in [0.05, 0.1) is 10.5 Å². The van der Waals surface area contributed by atoms with Crippen molar-refractivity contribution in [3.05, 3.63) is 40.2 Å². The number of hydrogen-bond acceptors (Lipinski definition) is 3. The van der Waals surface area contributed by atoms with Crippen LogP contribution in [0.3, 0.4) is 0 Å². The number of halogens is 3. The zero-order chi connectivity index (χ0) is 18.7. The van der Waals surface area contributed by atoms with Gasteiger partial charge in [-0.1, -0.05) is 26.2 Å². The summed E-state index contributed by atoms with van der Waals surface area (Å²) in [6.45, 7) is 2.25. The molecule has 1 heterocycles. The van der Waals surface area contributed by atoms with Gasteiger partial charge in [-0.15, -0.1) is 0 Å². The van der Waals surface area contributed by atoms with Crippen LogP contribution >= 0.6 is 0 Å². The zero-order valence-electron chi connectivity index (χ0n) is 13.6. The van der Waals surface area contributed by atoms with Gasteiger partial charge in [-0.25, -0.2) is 13.1 Å². The highest BCUT2D eigenvalue weighted by Gasteiger charge is 2.33. The topological polar surface area (TPSA) is 79.0 Å². The first-order chi connectivity index (χ1) is 11.6. The smallest absolute Gasteiger partial charge is 0.322 e. The van der Waals surface area contributed by atoms with Gasteiger partial charge < -0.3 is 4.98 Å². The van der Waals surface area contributed by atoms with Crippen LogP contribution in [0, 0.1) is 0 Å². The maximum atomic E-state index is 13.1. The second-order valence-electron chi connectivity index (χ2n) is 5.71. The van der Waals surface area contributed by atoms with Crippen molar-refractivity contribution in [3.8, 4) is 0 Å². The average molecular weight is 376 g/mol. The fourth-order valence-corrected chi connectivity index (χ4v) is 3.58. The van der Waals surface area contributed by atoms with Gasteiger partial charge in [-0.2, -0.15) is 13.2 Å². The summed E-state index contributed by atoms with van der Waals surface area (Å²) in [5.41, 5.74) is -2.13. The van der Waals surface area contributed by atoms with Crippen molar-refractivity contribution in [2.24, 2.45) is 0 Å². The van der Waals surface area contributed by atoms with Crippen molar-refractivity contribution < 1.29 is 21.6 Å². The van der Waals surface area contributed by atoms with Crippen LogP contribution in [-0.4, -0.2) is 19.9 Å². The molecule has 0 fully saturated rings. The Balaban J connectivity index is 2.37. The Morgan fingerprint density at radius 3 is 2.48 bits per heavy atom. The summed E-state index contributed by atoms with van der Waals surface area (Å²) in [4.78, 5) is 13.4. The fraction of sp³-hybridized carbons (Fsp3) is 0.438. The quantitative estimate of drug-likeness (QED) is 0.727. The molecule has 138 valence electrons. The number of unbranched alkanes of at least 4 members (excludes halogenated alkanes) is 3. The number of hydrogen-bond donors (Lipinski definition) is 2. The number of alkyl halides is 3. The summed E-state index contributed by atoms with van der Waals surface area (Å²) in [6, 6.07) is 3.70. The number of fused-ring (bicyclic) bond motifs is 1. The van der Waals surface area contributed by atoms with Gasteiger partial charge in [0.2, 0.25) is 15.6 Å². The van der Waals surface area contributed by atoms with Crippen molar-refractivity contribution in [1.29, 1.82) is 0 Å². The maximum absolute atomic E-state index is 13.1. The lowest BCUT2D eigenvalue weighted by Crippen LogP contribution is -2.25. The second kappa shape index (κ2) is 7.57. The number of pyridine rings is 1. The zero-order valence-corrected chi connectivity index (χ0v) is 14.4. The molecule has 0 spiro atoms. The van der Waals surface area contributed by atoms with E-state index in [1.807, 2.05) is 6.92 Å². The summed E-state index contributed by atoms with van der Waals surface area (Å²) in [5.74, 6) is 0. The molecule has 0 amide bonds. The molecule has 0 saturated heterocycles. The van der Waals surface area contributed by atoms with Crippen LogP contribution in [0.15, 0.2) is 34.0 Å². The summed E-state index contributed by atoms with van der Waals surface area (Å²) >= 11 is 0. The molecule has 0 saturated carbocycles. The molecule has 2 aromatic rings. The number of sulfonamides is 1. The van der Waals surface area contributed by atoms with Crippen LogP contribution in [-0.2, 0) is 16.2 Å². The highest BCUT2D eigenvalue weighted by atomic mass is 32.2. The van der Waals surface area contributed by atoms with E-state index in [4.69, 9.17) is 0 Å². The average Bonchev–Trinajstić information content (AvgIpc) is 2.52. The van der Waals surface area contributed by atoms with E-state index in [1.54, 1.807) is 0 Å². The lowest BCUT2D eigenvalue weighted by molar-refractivity contribution is -0.136. The number of benzene rings is 1. The molecule has 0 bridgehead atoms. The number of aromatic amines is 1. The van der Waals surface area contributed by atoms with Crippen molar-refractivity contribution in [1.82, 2.24) is 9.71 Å². The predicted octanol–water partition coefficient (Wildman–Crippen LogP) is 3.41. The molecule has 0 unspecified atom stereocenters. The van der Waals surface area contributed by atoms with E-state index >= 15 is 0 Å². The van der Waals surface area contributed by atoms with Gasteiger partial charge in [0.25, 0.3) is 0 Å². The standard InChI is InChI=1S/C16H19F3N2O3S/c1-2-3-4-5-8-20-25(23,24)11-6-7-14-12(9-11)13(16(17,18)19)10-15(22)21-14/h6-7,9-10,20H,2-5,8H2,1H3,(H,21,22). The second-order valence-corrected chi connectivity index (χ2v) is 7.48. The van der Waals surface area contributed by atoms with E-state index in [-0.39, 0.29) is 22.3 Å². The van der Waals surface area contributed by atoms with Crippen LogP contribution in [0.4, 0.5) is 13.2 Å². The molecular formula is C16H19F3N2O3S. The summed E-state index contributed by atoms with van der Waals surface area (Å²) in [5, 5.41) is -0.360. The molecule has 0 atom stereocenters. The Labute approximate surface area is 143 Å². The third kappa shape index (κ3) is 4.82. The predicted molar refractivity (Wildman–Crippen MR) is 88.9 cm³/mol. The Kier molecular flexibility index (Phi) is 5.89. The van der Waals surface area contributed by atoms with Crippen molar-refractivity contribution in [2.45, 2.75) is 43.7 Å². The molecule has 9 heteroatoms. The van der Waals surface area contributed by atoms with E-state index in [1.165, 1.54) is 6.07 Å². The molecule has 0 aliphatic heterocycles. The molecule has 0 aliphatic rings. The third-order valence-electron chi connectivity index (χ3n) is 3.75. The summed E-state index contributed by atoms with van der Waals surface area (Å²) < 4.78 is 66.3. The lowest BCUT2D eigenvalue weighted by Gasteiger charge is -2.12. The van der Waals surface area contributed by atoms with E-state index in [0.29, 0.717) is 12.5 Å². The minimum Gasteiger partial charge on any atom is -0.322 e. The van der Waals surface area contributed by atoms with Crippen LogP contribution in [0.5, 0.6) is 0 Å². The lowest BCUT2D eigenvalue weighted by atomic mass is 10.1. The molecule has 1 aromatic heterocycles. The van der Waals surface area contributed by atoms with Gasteiger partial charge >= 0.3 is 6.18 Å². The Morgan fingerprint density at radius 2 is 1.84 bits per heavy atom. The SMILES string of the molecule is CCCCCCNS(=O)(=O)c1ccc2[nH]c(=O)cc(C(F)(F)F)c2c1. The molecule has 25 heavy (non-hydrogen) atoms. The first-order valence-electron chi connectivity index (χ1n) is 7.89. The number of nitrogens with one attached hydrogen (secondary N) is 2. The maximum Gasteiger partial charge on any atom is 0.417 e. The van der Waals surface area contributed by atoms with Crippen LogP contribution in [0.25, 0.3) is 10.9 Å². The molecule has 2 N–H and O–H groups in total. The third-order valence-corrected chi connectivity index (χ3v) is 5.21. The number of aromatic nitrogens is 1. The highest BCUT2D eigenvalue weighted by molar-refractivity contribution is 7.89. The van der Waals surface area contributed by atoms with Gasteiger partial charge in [0.15, 0.2) is 0 Å². The summed E-state index contributed by atoms with van der Waals surface area (Å²) in [6.07, 6.45) is -1.24. The van der Waals surface area contributed by atoms with E-state index in [9.17, 15) is 26.4 Å². The van der Waals surface area contributed by atoms with Crippen LogP contribution < -0.4 is 10.3 Å². The summed E-state index contributed by atoms with van der Waals surface area (Å²) in [7, 11) is -3.92. The number of H-pyrrole nitrogens is 1. The van der Waals surface area contributed by atoms with Gasteiger partial charge in [-0.3, -0.25) is 4.79 Å². The highest BCUT2D eigenvalue weighted by Crippen LogP contribution is 2.34. The molecule has 0 aliphatic carbocycles. The monoisotopic (exact) mass is 376 g/mol. The molecule has 1 aromatic carbocycles. The van der Waals surface area contributed by atoms with Crippen LogP contribution in [0.2, 0.25) is 0 Å². The van der Waals surface area contributed by atoms with Crippen molar-refractivity contribution in [3.63, 3.8) is 0 Å². The number of rotatable bonds is 7. The van der Waals surface area contributed by atoms with E-state index < -0.39 is 27.3 Å². The van der Waals surface area contributed by atoms with E-state index in [0.717, 1.165) is 31.4 Å². The minimum atomic E-state index is -4.76. The van der Waals surface area contributed by atoms with E-state index in [2.05, 4.69) is 9.71 Å². The first-order valence-corrected chi connectivity index (χ1v) is 9.37. The molecule has 2 rings (SSSR count). The van der Waals surface area contributed by atoms with Gasteiger partial charge in [-0.05, 0) is 24.6 Å². The minimum absolute atomic E-state index is 0.0679. The first kappa shape index (κ1) is 19.5. The Bertz CT molecular complexity index is 905. The fourth-order valence-electron chi connectivity index (χ4n) is 2.48. The molecule has 5 nitrogen and oxygen atoms in total.